The molecular formula is C126H183O9P. The molecule has 0 radical (unpaired) electrons. The minimum absolute atomic E-state index is 0.338. The highest BCUT2D eigenvalue weighted by Crippen LogP contribution is 2.57. The quantitative estimate of drug-likeness (QED) is 0.0277. The Morgan fingerprint density at radius 1 is 0.162 bits per heavy atom. The van der Waals surface area contributed by atoms with Crippen LogP contribution in [0.2, 0.25) is 0 Å². The largest absolute Gasteiger partial charge is 0.530 e. The van der Waals surface area contributed by atoms with Gasteiger partial charge < -0.3 is 44.2 Å². The van der Waals surface area contributed by atoms with Crippen molar-refractivity contribution in [2.45, 2.75) is 473 Å². The molecule has 0 saturated carbocycles. The Hall–Kier alpha value is -8.39. The second kappa shape index (κ2) is 40.3. The van der Waals surface area contributed by atoms with Crippen molar-refractivity contribution in [2.75, 3.05) is 0 Å². The number of hydrogen-bond donors (Lipinski definition) is 6. The van der Waals surface area contributed by atoms with Gasteiger partial charge in [-0.1, -0.05) is 384 Å². The van der Waals surface area contributed by atoms with E-state index in [0.717, 1.165) is 151 Å². The van der Waals surface area contributed by atoms with E-state index in [9.17, 15) is 30.6 Å². The molecule has 9 aromatic carbocycles. The van der Waals surface area contributed by atoms with Crippen molar-refractivity contribution in [1.29, 1.82) is 0 Å². The Balaban J connectivity index is 1.60. The molecule has 0 aromatic heterocycles. The van der Waals surface area contributed by atoms with Crippen LogP contribution in [0.1, 0.15) is 495 Å². The predicted molar refractivity (Wildman–Crippen MR) is 582 cm³/mol. The second-order valence-electron chi connectivity index (χ2n) is 52.1. The van der Waals surface area contributed by atoms with Gasteiger partial charge in [-0.05, 0) is 345 Å². The zero-order valence-electron chi connectivity index (χ0n) is 93.9. The molecule has 0 aliphatic carbocycles. The summed E-state index contributed by atoms with van der Waals surface area (Å²) in [5.74, 6) is 4.24. The third-order valence-corrected chi connectivity index (χ3v) is 29.7. The Bertz CT molecular complexity index is 4760. The summed E-state index contributed by atoms with van der Waals surface area (Å²) in [6.07, 6.45) is 8.85. The Morgan fingerprint density at radius 3 is 0.338 bits per heavy atom. The highest BCUT2D eigenvalue weighted by molar-refractivity contribution is 7.43. The van der Waals surface area contributed by atoms with Crippen molar-refractivity contribution in [3.05, 3.63) is 256 Å². The molecule has 9 rings (SSSR count). The van der Waals surface area contributed by atoms with E-state index in [-0.39, 0.29) is 0 Å². The lowest BCUT2D eigenvalue weighted by Crippen LogP contribution is -2.20. The lowest BCUT2D eigenvalue weighted by Gasteiger charge is -2.33. The van der Waals surface area contributed by atoms with Gasteiger partial charge in [0.1, 0.15) is 51.7 Å². The number of benzene rings is 9. The van der Waals surface area contributed by atoms with Crippen molar-refractivity contribution in [1.82, 2.24) is 0 Å². The van der Waals surface area contributed by atoms with Crippen molar-refractivity contribution in [3.63, 3.8) is 0 Å². The number of aromatic hydroxyl groups is 6. The van der Waals surface area contributed by atoms with Gasteiger partial charge >= 0.3 is 8.60 Å². The highest BCUT2D eigenvalue weighted by atomic mass is 31.2. The standard InChI is InChI=1S/C126H183O9P/c1-46-79-88(55-73-61-94(115(10,11)12)106(127)95(62-73)116(13,14)15)82(49-4)112(83(50-5)89(79)56-74-63-96(117(16,17)18)107(128)97(64-74)118(19,20)21)133-136(134-113-84(51-6)90(57-75-65-98(119(22,23)24)108(129)99(66-75)120(25,26)27)80(47-2)91(85(113)52-7)58-76-67-100(121(28,29)30)109(130)101(68-76)122(31,32)33)135-114-86(53-8)92(59-77-69-102(123(34,35)36)110(131)103(70-77)124(37,38)39)81(48-3)93(87(114)54-9)60-78-71-104(125(40,41)42)111(132)105(72-78)126(43,44)45/h61-72,127-132H,46-60H2,1-45H3. The van der Waals surface area contributed by atoms with Crippen molar-refractivity contribution in [2.24, 2.45) is 0 Å². The molecule has 0 fully saturated rings. The average Bonchev–Trinajstić information content (AvgIpc) is 0.737. The molecule has 0 atom stereocenters. The van der Waals surface area contributed by atoms with Gasteiger partial charge in [-0.15, -0.1) is 0 Å². The van der Waals surface area contributed by atoms with E-state index in [2.05, 4.69) is 384 Å². The molecule has 746 valence electrons. The monoisotopic (exact) mass is 1870 g/mol. The summed E-state index contributed by atoms with van der Waals surface area (Å²) < 4.78 is 26.2. The Labute approximate surface area is 828 Å². The maximum absolute atomic E-state index is 12.6. The van der Waals surface area contributed by atoms with Crippen LogP contribution in [-0.2, 0) is 161 Å². The first-order valence-corrected chi connectivity index (χ1v) is 52.8. The third kappa shape index (κ3) is 23.9. The van der Waals surface area contributed by atoms with Gasteiger partial charge in [0, 0.05) is 0 Å². The SMILES string of the molecule is CCc1c(Cc2cc(C(C)(C)C)c(O)c(C(C)(C)C)c2)c(CC)c(OP(Oc2c(CC)c(Cc3cc(C(C)(C)C)c(O)c(C(C)(C)C)c3)c(CC)c(Cc3cc(C(C)(C)C)c(O)c(C(C)(C)C)c3)c2CC)Oc2c(CC)c(Cc3cc(C(C)(C)C)c(O)c(C(C)(C)C)c3)c(CC)c(Cc3cc(C(C)(C)C)c(O)c(C(C)(C)C)c3)c2CC)c(CC)c1Cc1cc(C(C)(C)C)c(O)c(C(C)(C)C)c1. The normalized spacial score (nSPS) is 13.3. The van der Waals surface area contributed by atoms with Crippen LogP contribution in [0.4, 0.5) is 0 Å². The van der Waals surface area contributed by atoms with Gasteiger partial charge in [-0.3, -0.25) is 0 Å². The van der Waals surface area contributed by atoms with E-state index in [1.165, 1.54) is 50.1 Å². The lowest BCUT2D eigenvalue weighted by atomic mass is 9.76. The van der Waals surface area contributed by atoms with Crippen molar-refractivity contribution < 1.29 is 44.2 Å². The van der Waals surface area contributed by atoms with E-state index in [0.29, 0.717) is 131 Å². The number of phenols is 6. The predicted octanol–water partition coefficient (Wildman–Crippen LogP) is 33.9. The molecule has 10 heteroatoms. The molecule has 136 heavy (non-hydrogen) atoms. The smallest absolute Gasteiger partial charge is 0.507 e. The Kier molecular flexibility index (Phi) is 33.0. The number of rotatable bonds is 27. The molecule has 9 aromatic rings. The molecule has 0 aliphatic heterocycles. The number of hydrogen-bond acceptors (Lipinski definition) is 9. The van der Waals surface area contributed by atoms with Crippen LogP contribution in [0, 0.1) is 0 Å². The van der Waals surface area contributed by atoms with Crippen LogP contribution in [0.5, 0.6) is 51.7 Å². The van der Waals surface area contributed by atoms with E-state index < -0.39 is 73.6 Å². The highest BCUT2D eigenvalue weighted by Gasteiger charge is 2.41. The zero-order valence-corrected chi connectivity index (χ0v) is 94.8. The third-order valence-electron chi connectivity index (χ3n) is 28.7. The first-order chi connectivity index (χ1) is 62.1. The fraction of sp³-hybridized carbons (Fsp3) is 0.571. The van der Waals surface area contributed by atoms with Crippen LogP contribution < -0.4 is 13.6 Å². The van der Waals surface area contributed by atoms with Crippen LogP contribution in [0.15, 0.2) is 72.8 Å². The molecular weight excluding hydrogens is 1690 g/mol. The molecule has 9 nitrogen and oxygen atoms in total. The van der Waals surface area contributed by atoms with Crippen molar-refractivity contribution >= 4 is 8.60 Å². The van der Waals surface area contributed by atoms with E-state index in [1.807, 2.05) is 0 Å². The summed E-state index contributed by atoms with van der Waals surface area (Å²) in [7, 11) is -2.66. The molecule has 0 spiro atoms. The molecule has 0 aliphatic rings. The molecule has 0 bridgehead atoms. The van der Waals surface area contributed by atoms with Crippen LogP contribution in [0.25, 0.3) is 0 Å². The summed E-state index contributed by atoms with van der Waals surface area (Å²) in [5.41, 5.74) is 29.7. The topological polar surface area (TPSA) is 149 Å². The Morgan fingerprint density at radius 2 is 0.257 bits per heavy atom. The van der Waals surface area contributed by atoms with Crippen LogP contribution in [-0.4, -0.2) is 30.6 Å². The van der Waals surface area contributed by atoms with Gasteiger partial charge in [-0.25, -0.2) is 0 Å². The first kappa shape index (κ1) is 111. The lowest BCUT2D eigenvalue weighted by molar-refractivity contribution is 0.377. The maximum Gasteiger partial charge on any atom is 0.530 e. The first-order valence-electron chi connectivity index (χ1n) is 51.7. The van der Waals surface area contributed by atoms with Crippen LogP contribution >= 0.6 is 8.60 Å². The van der Waals surface area contributed by atoms with E-state index >= 15 is 0 Å². The summed E-state index contributed by atoms with van der Waals surface area (Å²) in [6.45, 7) is 99.9. The van der Waals surface area contributed by atoms with Gasteiger partial charge in [0.15, 0.2) is 0 Å². The van der Waals surface area contributed by atoms with Crippen LogP contribution in [0.3, 0.4) is 0 Å². The van der Waals surface area contributed by atoms with Gasteiger partial charge in [-0.2, -0.15) is 0 Å². The summed E-state index contributed by atoms with van der Waals surface area (Å²) >= 11 is 0. The summed E-state index contributed by atoms with van der Waals surface area (Å²) in [4.78, 5) is 0. The summed E-state index contributed by atoms with van der Waals surface area (Å²) in [6, 6.07) is 27.2. The minimum atomic E-state index is -2.66. The van der Waals surface area contributed by atoms with Crippen molar-refractivity contribution in [3.8, 4) is 51.7 Å². The second-order valence-corrected chi connectivity index (χ2v) is 53.1. The van der Waals surface area contributed by atoms with E-state index in [1.54, 1.807) is 0 Å². The average molecular weight is 1870 g/mol. The molecule has 0 saturated heterocycles. The molecule has 6 N–H and O–H groups in total. The zero-order chi connectivity index (χ0) is 103. The fourth-order valence-corrected chi connectivity index (χ4v) is 22.5. The molecule has 0 heterocycles. The van der Waals surface area contributed by atoms with E-state index in [4.69, 9.17) is 13.6 Å². The molecule has 0 unspecified atom stereocenters. The summed E-state index contributed by atoms with van der Waals surface area (Å²) in [5, 5.41) is 75.7. The van der Waals surface area contributed by atoms with Gasteiger partial charge in [0.2, 0.25) is 0 Å². The van der Waals surface area contributed by atoms with Gasteiger partial charge in [0.05, 0.1) is 0 Å². The van der Waals surface area contributed by atoms with Gasteiger partial charge in [0.25, 0.3) is 0 Å². The maximum atomic E-state index is 12.6. The minimum Gasteiger partial charge on any atom is -0.507 e. The molecule has 0 amide bonds. The number of phenolic OH excluding ortho intramolecular Hbond substituents is 6. The fourth-order valence-electron chi connectivity index (χ4n) is 21.3.